The van der Waals surface area contributed by atoms with Crippen molar-refractivity contribution in [3.8, 4) is 5.75 Å². The molecular formula is C29H30N2O4. The van der Waals surface area contributed by atoms with E-state index in [-0.39, 0.29) is 24.3 Å². The van der Waals surface area contributed by atoms with Gasteiger partial charge < -0.3 is 14.7 Å². The Morgan fingerprint density at radius 1 is 1.06 bits per heavy atom. The van der Waals surface area contributed by atoms with Crippen LogP contribution in [0.4, 0.5) is 0 Å². The number of pyridine rings is 1. The lowest BCUT2D eigenvalue weighted by molar-refractivity contribution is -0.130. The molecule has 1 N–H and O–H groups in total. The second-order valence-electron chi connectivity index (χ2n) is 9.15. The number of carbonyl (C=O) groups is 2. The normalized spacial score (nSPS) is 15.7. The van der Waals surface area contributed by atoms with Crippen molar-refractivity contribution in [1.29, 1.82) is 0 Å². The molecule has 0 spiro atoms. The van der Waals surface area contributed by atoms with Gasteiger partial charge in [-0.2, -0.15) is 0 Å². The number of hydrogen-bond acceptors (Lipinski definition) is 5. The monoisotopic (exact) mass is 470 g/mol. The molecule has 0 fully saturated rings. The lowest BCUT2D eigenvalue weighted by atomic mass is 9.93. The zero-order valence-corrected chi connectivity index (χ0v) is 20.1. The molecule has 1 amide bonds. The number of amides is 1. The van der Waals surface area contributed by atoms with Crippen LogP contribution in [0.2, 0.25) is 0 Å². The molecule has 3 aromatic rings. The van der Waals surface area contributed by atoms with Gasteiger partial charge in [-0.1, -0.05) is 62.4 Å². The van der Waals surface area contributed by atoms with E-state index in [0.717, 1.165) is 16.7 Å². The first kappa shape index (κ1) is 24.2. The Hall–Kier alpha value is -3.93. The molecule has 2 heterocycles. The van der Waals surface area contributed by atoms with Crippen LogP contribution in [-0.2, 0) is 22.6 Å². The van der Waals surface area contributed by atoms with Gasteiger partial charge in [0, 0.05) is 25.4 Å². The van der Waals surface area contributed by atoms with Crippen LogP contribution in [0.15, 0.2) is 90.5 Å². The first-order valence-electron chi connectivity index (χ1n) is 11.9. The molecule has 1 aliphatic rings. The zero-order chi connectivity index (χ0) is 24.8. The summed E-state index contributed by atoms with van der Waals surface area (Å²) in [5, 5.41) is 10.9. The number of aliphatic hydroxyl groups excluding tert-OH is 1. The number of aliphatic hydroxyl groups is 1. The molecule has 1 aliphatic heterocycles. The van der Waals surface area contributed by atoms with E-state index in [0.29, 0.717) is 24.7 Å². The molecule has 0 radical (unpaired) electrons. The van der Waals surface area contributed by atoms with Crippen LogP contribution in [-0.4, -0.2) is 33.3 Å². The Balaban J connectivity index is 1.66. The minimum Gasteiger partial charge on any atom is -0.503 e. The summed E-state index contributed by atoms with van der Waals surface area (Å²) >= 11 is 0. The Morgan fingerprint density at radius 2 is 1.83 bits per heavy atom. The average Bonchev–Trinajstić information content (AvgIpc) is 3.12. The summed E-state index contributed by atoms with van der Waals surface area (Å²) in [6, 6.07) is 20.1. The van der Waals surface area contributed by atoms with Gasteiger partial charge in [0.2, 0.25) is 0 Å². The number of ether oxygens (including phenoxy) is 1. The van der Waals surface area contributed by atoms with Crippen LogP contribution in [0, 0.1) is 5.92 Å². The Labute approximate surface area is 205 Å². The van der Waals surface area contributed by atoms with Gasteiger partial charge in [0.05, 0.1) is 18.2 Å². The van der Waals surface area contributed by atoms with Crippen molar-refractivity contribution in [3.05, 3.63) is 107 Å². The van der Waals surface area contributed by atoms with Crippen molar-refractivity contribution in [3.63, 3.8) is 0 Å². The van der Waals surface area contributed by atoms with Crippen LogP contribution in [0.1, 0.15) is 43.0 Å². The summed E-state index contributed by atoms with van der Waals surface area (Å²) in [6.07, 6.45) is 4.06. The largest absolute Gasteiger partial charge is 0.503 e. The Kier molecular flexibility index (Phi) is 7.60. The second kappa shape index (κ2) is 11.0. The first-order chi connectivity index (χ1) is 16.9. The maximum absolute atomic E-state index is 13.4. The lowest BCUT2D eigenvalue weighted by Crippen LogP contribution is -2.30. The van der Waals surface area contributed by atoms with Gasteiger partial charge in [-0.05, 0) is 47.2 Å². The molecule has 6 nitrogen and oxygen atoms in total. The first-order valence-corrected chi connectivity index (χ1v) is 11.9. The van der Waals surface area contributed by atoms with Crippen molar-refractivity contribution in [1.82, 2.24) is 9.88 Å². The molecule has 35 heavy (non-hydrogen) atoms. The zero-order valence-electron chi connectivity index (χ0n) is 20.1. The van der Waals surface area contributed by atoms with Crippen molar-refractivity contribution < 1.29 is 19.4 Å². The number of rotatable bonds is 10. The van der Waals surface area contributed by atoms with Crippen LogP contribution in [0.25, 0.3) is 0 Å². The topological polar surface area (TPSA) is 79.7 Å². The van der Waals surface area contributed by atoms with Gasteiger partial charge in [0.25, 0.3) is 5.91 Å². The number of carbonyl (C=O) groups excluding carboxylic acids is 2. The number of ketones is 1. The fourth-order valence-electron chi connectivity index (χ4n) is 4.21. The van der Waals surface area contributed by atoms with E-state index >= 15 is 0 Å². The Morgan fingerprint density at radius 3 is 2.54 bits per heavy atom. The molecule has 0 saturated heterocycles. The van der Waals surface area contributed by atoms with Crippen molar-refractivity contribution in [2.24, 2.45) is 5.92 Å². The highest BCUT2D eigenvalue weighted by molar-refractivity contribution is 6.09. The molecule has 2 aromatic carbocycles. The molecule has 0 saturated carbocycles. The van der Waals surface area contributed by atoms with Gasteiger partial charge in [0.1, 0.15) is 5.75 Å². The highest BCUT2D eigenvalue weighted by Crippen LogP contribution is 2.40. The number of aryl methyl sites for hydroxylation is 1. The third-order valence-electron chi connectivity index (χ3n) is 5.92. The fourth-order valence-corrected chi connectivity index (χ4v) is 4.21. The Bertz CT molecular complexity index is 1210. The maximum Gasteiger partial charge on any atom is 0.290 e. The molecule has 4 rings (SSSR count). The number of Topliss-reactive ketones (excluding diaryl/α,β-unsaturated/α-hetero) is 1. The number of benzene rings is 2. The van der Waals surface area contributed by atoms with Gasteiger partial charge >= 0.3 is 0 Å². The van der Waals surface area contributed by atoms with Crippen LogP contribution in [0.5, 0.6) is 5.75 Å². The van der Waals surface area contributed by atoms with Crippen molar-refractivity contribution >= 4 is 11.7 Å². The third kappa shape index (κ3) is 5.77. The summed E-state index contributed by atoms with van der Waals surface area (Å²) < 4.78 is 5.90. The lowest BCUT2D eigenvalue weighted by Gasteiger charge is -2.27. The van der Waals surface area contributed by atoms with Gasteiger partial charge in [-0.25, -0.2) is 0 Å². The van der Waals surface area contributed by atoms with Crippen LogP contribution in [0.3, 0.4) is 0 Å². The highest BCUT2D eigenvalue weighted by atomic mass is 16.5. The molecule has 1 atom stereocenters. The molecule has 0 bridgehead atoms. The summed E-state index contributed by atoms with van der Waals surface area (Å²) in [6.45, 7) is 4.91. The predicted molar refractivity (Wildman–Crippen MR) is 134 cm³/mol. The molecule has 6 heteroatoms. The van der Waals surface area contributed by atoms with Gasteiger partial charge in [0.15, 0.2) is 11.5 Å². The molecule has 0 aliphatic carbocycles. The molecular weight excluding hydrogens is 440 g/mol. The second-order valence-corrected chi connectivity index (χ2v) is 9.15. The van der Waals surface area contributed by atoms with Crippen molar-refractivity contribution in [2.75, 3.05) is 6.61 Å². The van der Waals surface area contributed by atoms with E-state index in [4.69, 9.17) is 4.74 Å². The van der Waals surface area contributed by atoms with E-state index in [9.17, 15) is 14.7 Å². The van der Waals surface area contributed by atoms with E-state index in [1.165, 1.54) is 4.90 Å². The number of aromatic nitrogens is 1. The van der Waals surface area contributed by atoms with Crippen LogP contribution >= 0.6 is 0 Å². The average molecular weight is 471 g/mol. The summed E-state index contributed by atoms with van der Waals surface area (Å²) in [4.78, 5) is 32.3. The minimum atomic E-state index is -0.714. The standard InChI is InChI=1S/C29H30N2O4/c1-20(2)19-35-24-12-6-11-23(16-24)27-26(25(32)14-13-21-8-4-3-5-9-21)28(33)29(34)31(27)18-22-10-7-15-30-17-22/h3-12,15-17,20,27,33H,13-14,18-19H2,1-2H3. The predicted octanol–water partition coefficient (Wildman–Crippen LogP) is 5.21. The summed E-state index contributed by atoms with van der Waals surface area (Å²) in [5.41, 5.74) is 2.69. The number of hydrogen-bond donors (Lipinski definition) is 1. The molecule has 1 aromatic heterocycles. The summed E-state index contributed by atoms with van der Waals surface area (Å²) in [5.74, 6) is -0.270. The van der Waals surface area contributed by atoms with E-state index in [1.54, 1.807) is 18.5 Å². The molecule has 1 unspecified atom stereocenters. The molecule has 180 valence electrons. The smallest absolute Gasteiger partial charge is 0.290 e. The SMILES string of the molecule is CC(C)COc1cccc(C2C(C(=O)CCc3ccccc3)=C(O)C(=O)N2Cc2cccnc2)c1. The maximum atomic E-state index is 13.4. The summed E-state index contributed by atoms with van der Waals surface area (Å²) in [7, 11) is 0. The van der Waals surface area contributed by atoms with Crippen LogP contribution < -0.4 is 4.74 Å². The van der Waals surface area contributed by atoms with Gasteiger partial charge in [-0.3, -0.25) is 14.6 Å². The van der Waals surface area contributed by atoms with Gasteiger partial charge in [-0.15, -0.1) is 0 Å². The highest BCUT2D eigenvalue weighted by Gasteiger charge is 2.43. The third-order valence-corrected chi connectivity index (χ3v) is 5.92. The quantitative estimate of drug-likeness (QED) is 0.440. The van der Waals surface area contributed by atoms with E-state index in [2.05, 4.69) is 18.8 Å². The minimum absolute atomic E-state index is 0.135. The van der Waals surface area contributed by atoms with Crippen molar-refractivity contribution in [2.45, 2.75) is 39.3 Å². The number of nitrogens with zero attached hydrogens (tertiary/aromatic N) is 2. The van der Waals surface area contributed by atoms with E-state index < -0.39 is 17.7 Å². The fraction of sp³-hybridized carbons (Fsp3) is 0.276. The van der Waals surface area contributed by atoms with E-state index in [1.807, 2.05) is 60.7 Å².